The molecular weight excluding hydrogens is 349 g/mol. The molecule has 0 bridgehead atoms. The molecule has 1 aromatic heterocycles. The van der Waals surface area contributed by atoms with Crippen molar-refractivity contribution in [1.29, 1.82) is 0 Å². The van der Waals surface area contributed by atoms with E-state index in [0.717, 1.165) is 22.4 Å². The van der Waals surface area contributed by atoms with Crippen LogP contribution in [0.4, 0.5) is 13.2 Å². The molecule has 0 N–H and O–H groups in total. The Bertz CT molecular complexity index is 857. The molecule has 0 saturated heterocycles. The van der Waals surface area contributed by atoms with E-state index >= 15 is 0 Å². The van der Waals surface area contributed by atoms with Crippen molar-refractivity contribution < 1.29 is 31.1 Å². The fraction of sp³-hybridized carbons (Fsp3) is 0.286. The van der Waals surface area contributed by atoms with Crippen molar-refractivity contribution in [2.75, 3.05) is 0 Å². The van der Waals surface area contributed by atoms with Crippen LogP contribution in [0.3, 0.4) is 0 Å². The summed E-state index contributed by atoms with van der Waals surface area (Å²) < 4.78 is 65.7. The maximum atomic E-state index is 12.4. The minimum Gasteiger partial charge on any atom is -0.406 e. The van der Waals surface area contributed by atoms with Crippen LogP contribution in [0.15, 0.2) is 30.6 Å². The Morgan fingerprint density at radius 2 is 1.88 bits per heavy atom. The van der Waals surface area contributed by atoms with Crippen molar-refractivity contribution in [3.8, 4) is 16.9 Å². The molecule has 0 atom stereocenters. The molecule has 0 aliphatic heterocycles. The number of hydrogen-bond donors (Lipinski definition) is 0. The van der Waals surface area contributed by atoms with E-state index in [9.17, 15) is 26.4 Å². The average Bonchev–Trinajstić information content (AvgIpc) is 2.95. The SMILES string of the molecule is CC(C)S(=O)(=O)n1cc(-c2cc(C=O)cc(OC(F)(F)F)c2)cn1. The number of aromatic nitrogens is 2. The first kappa shape index (κ1) is 18.0. The smallest absolute Gasteiger partial charge is 0.406 e. The van der Waals surface area contributed by atoms with E-state index in [1.54, 1.807) is 0 Å². The van der Waals surface area contributed by atoms with Gasteiger partial charge in [-0.05, 0) is 37.6 Å². The van der Waals surface area contributed by atoms with Crippen molar-refractivity contribution >= 4 is 16.3 Å². The molecule has 0 unspecified atom stereocenters. The van der Waals surface area contributed by atoms with Gasteiger partial charge in [-0.1, -0.05) is 0 Å². The molecular formula is C14H13F3N2O4S. The lowest BCUT2D eigenvalue weighted by Gasteiger charge is -2.10. The van der Waals surface area contributed by atoms with Crippen LogP contribution < -0.4 is 4.74 Å². The second-order valence-corrected chi connectivity index (χ2v) is 7.50. The first-order valence-electron chi connectivity index (χ1n) is 6.68. The summed E-state index contributed by atoms with van der Waals surface area (Å²) in [6.07, 6.45) is -2.20. The standard InChI is InChI=1S/C14H13F3N2O4S/c1-9(2)24(21,22)19-7-12(6-18-19)11-3-10(8-20)4-13(5-11)23-14(15,16)17/h3-9H,1-2H3. The quantitative estimate of drug-likeness (QED) is 0.765. The number of halogens is 3. The fourth-order valence-corrected chi connectivity index (χ4v) is 2.73. The summed E-state index contributed by atoms with van der Waals surface area (Å²) in [7, 11) is -3.69. The molecule has 2 aromatic rings. The van der Waals surface area contributed by atoms with Crippen LogP contribution in [-0.4, -0.2) is 35.5 Å². The average molecular weight is 362 g/mol. The van der Waals surface area contributed by atoms with Gasteiger partial charge in [-0.3, -0.25) is 4.79 Å². The molecule has 0 radical (unpaired) electrons. The van der Waals surface area contributed by atoms with E-state index in [-0.39, 0.29) is 16.7 Å². The normalized spacial score (nSPS) is 12.4. The van der Waals surface area contributed by atoms with Crippen LogP contribution in [-0.2, 0) is 10.0 Å². The Balaban J connectivity index is 2.48. The van der Waals surface area contributed by atoms with Crippen molar-refractivity contribution in [2.24, 2.45) is 0 Å². The second-order valence-electron chi connectivity index (χ2n) is 5.15. The molecule has 0 amide bonds. The molecule has 0 aliphatic carbocycles. The van der Waals surface area contributed by atoms with Gasteiger partial charge < -0.3 is 4.74 Å². The molecule has 0 spiro atoms. The first-order chi connectivity index (χ1) is 11.0. The third-order valence-corrected chi connectivity index (χ3v) is 4.96. The third-order valence-electron chi connectivity index (χ3n) is 3.05. The van der Waals surface area contributed by atoms with Crippen molar-refractivity contribution in [1.82, 2.24) is 9.19 Å². The van der Waals surface area contributed by atoms with Gasteiger partial charge in [0, 0.05) is 11.1 Å². The highest BCUT2D eigenvalue weighted by Gasteiger charge is 2.31. The number of nitrogens with zero attached hydrogens (tertiary/aromatic N) is 2. The second kappa shape index (κ2) is 6.27. The predicted molar refractivity (Wildman–Crippen MR) is 79.2 cm³/mol. The van der Waals surface area contributed by atoms with E-state index in [2.05, 4.69) is 9.84 Å². The molecule has 6 nitrogen and oxygen atoms in total. The number of carbonyl (C=O) groups is 1. The van der Waals surface area contributed by atoms with E-state index in [1.165, 1.54) is 26.1 Å². The van der Waals surface area contributed by atoms with Gasteiger partial charge in [0.05, 0.1) is 17.6 Å². The Labute approximate surface area is 135 Å². The lowest BCUT2D eigenvalue weighted by molar-refractivity contribution is -0.274. The maximum Gasteiger partial charge on any atom is 0.573 e. The van der Waals surface area contributed by atoms with Gasteiger partial charge in [0.25, 0.3) is 10.0 Å². The molecule has 1 aromatic carbocycles. The number of aldehydes is 1. The van der Waals surface area contributed by atoms with Crippen LogP contribution in [0.1, 0.15) is 24.2 Å². The minimum absolute atomic E-state index is 0.0498. The van der Waals surface area contributed by atoms with E-state index < -0.39 is 27.4 Å². The minimum atomic E-state index is -4.91. The third kappa shape index (κ3) is 3.94. The number of benzene rings is 1. The molecule has 10 heteroatoms. The summed E-state index contributed by atoms with van der Waals surface area (Å²) in [5.41, 5.74) is 0.352. The van der Waals surface area contributed by atoms with E-state index in [4.69, 9.17) is 0 Å². The largest absolute Gasteiger partial charge is 0.573 e. The zero-order chi connectivity index (χ0) is 18.1. The highest BCUT2D eigenvalue weighted by Crippen LogP contribution is 2.29. The molecule has 0 fully saturated rings. The number of hydrogen-bond acceptors (Lipinski definition) is 5. The molecule has 1 heterocycles. The fourth-order valence-electron chi connectivity index (χ4n) is 1.86. The van der Waals surface area contributed by atoms with E-state index in [0.29, 0.717) is 6.29 Å². The Morgan fingerprint density at radius 3 is 2.42 bits per heavy atom. The summed E-state index contributed by atoms with van der Waals surface area (Å²) in [4.78, 5) is 10.9. The van der Waals surface area contributed by atoms with Gasteiger partial charge in [0.2, 0.25) is 0 Å². The lowest BCUT2D eigenvalue weighted by atomic mass is 10.1. The van der Waals surface area contributed by atoms with Crippen LogP contribution in [0.5, 0.6) is 5.75 Å². The predicted octanol–water partition coefficient (Wildman–Crippen LogP) is 2.85. The summed E-state index contributed by atoms with van der Waals surface area (Å²) in [5.74, 6) is -0.582. The van der Waals surface area contributed by atoms with Crippen molar-refractivity contribution in [2.45, 2.75) is 25.5 Å². The summed E-state index contributed by atoms with van der Waals surface area (Å²) in [6.45, 7) is 2.94. The van der Waals surface area contributed by atoms with Crippen molar-refractivity contribution in [3.05, 3.63) is 36.2 Å². The summed E-state index contributed by atoms with van der Waals surface area (Å²) >= 11 is 0. The molecule has 0 saturated carbocycles. The zero-order valence-electron chi connectivity index (χ0n) is 12.6. The van der Waals surface area contributed by atoms with Crippen LogP contribution in [0, 0.1) is 0 Å². The lowest BCUT2D eigenvalue weighted by Crippen LogP contribution is -2.22. The Morgan fingerprint density at radius 1 is 1.21 bits per heavy atom. The Hall–Kier alpha value is -2.36. The highest BCUT2D eigenvalue weighted by molar-refractivity contribution is 7.90. The Kier molecular flexibility index (Phi) is 4.70. The number of alkyl halides is 3. The van der Waals surface area contributed by atoms with Gasteiger partial charge in [-0.2, -0.15) is 9.19 Å². The molecule has 0 aliphatic rings. The van der Waals surface area contributed by atoms with Gasteiger partial charge in [0.15, 0.2) is 0 Å². The van der Waals surface area contributed by atoms with Crippen LogP contribution >= 0.6 is 0 Å². The molecule has 130 valence electrons. The zero-order valence-corrected chi connectivity index (χ0v) is 13.4. The summed E-state index contributed by atoms with van der Waals surface area (Å²) in [5, 5.41) is 3.00. The number of rotatable bonds is 5. The number of carbonyl (C=O) groups excluding carboxylic acids is 1. The summed E-state index contributed by atoms with van der Waals surface area (Å²) in [6, 6.07) is 3.28. The highest BCUT2D eigenvalue weighted by atomic mass is 32.2. The first-order valence-corrected chi connectivity index (χ1v) is 8.18. The van der Waals surface area contributed by atoms with Gasteiger partial charge in [-0.25, -0.2) is 8.42 Å². The van der Waals surface area contributed by atoms with Crippen LogP contribution in [0.2, 0.25) is 0 Å². The van der Waals surface area contributed by atoms with Gasteiger partial charge >= 0.3 is 6.36 Å². The van der Waals surface area contributed by atoms with Gasteiger partial charge in [0.1, 0.15) is 12.0 Å². The van der Waals surface area contributed by atoms with Crippen molar-refractivity contribution in [3.63, 3.8) is 0 Å². The molecule has 24 heavy (non-hydrogen) atoms. The van der Waals surface area contributed by atoms with Crippen LogP contribution in [0.25, 0.3) is 11.1 Å². The maximum absolute atomic E-state index is 12.4. The van der Waals surface area contributed by atoms with Gasteiger partial charge in [-0.15, -0.1) is 13.2 Å². The molecule has 2 rings (SSSR count). The monoisotopic (exact) mass is 362 g/mol. The van der Waals surface area contributed by atoms with E-state index in [1.807, 2.05) is 0 Å². The topological polar surface area (TPSA) is 78.3 Å². The number of ether oxygens (including phenoxy) is 1.